The molecule has 4 nitrogen and oxygen atoms in total. The van der Waals surface area contributed by atoms with Crippen molar-refractivity contribution in [2.75, 3.05) is 0 Å². The van der Waals surface area contributed by atoms with Gasteiger partial charge in [0.15, 0.2) is 0 Å². The highest BCUT2D eigenvalue weighted by Crippen LogP contribution is 2.24. The summed E-state index contributed by atoms with van der Waals surface area (Å²) < 4.78 is 2.09. The van der Waals surface area contributed by atoms with E-state index in [4.69, 9.17) is 5.73 Å². The Bertz CT molecular complexity index is 500. The van der Waals surface area contributed by atoms with Gasteiger partial charge in [-0.3, -0.25) is 0 Å². The van der Waals surface area contributed by atoms with E-state index in [2.05, 4.69) is 23.4 Å². The van der Waals surface area contributed by atoms with Crippen LogP contribution >= 0.6 is 0 Å². The smallest absolute Gasteiger partial charge is 0.140 e. The van der Waals surface area contributed by atoms with E-state index in [0.29, 0.717) is 12.6 Å². The molecule has 0 radical (unpaired) electrons. The Morgan fingerprint density at radius 1 is 1.29 bits per heavy atom. The molecular weight excluding hydrogens is 214 g/mol. The molecule has 0 bridgehead atoms. The van der Waals surface area contributed by atoms with Crippen molar-refractivity contribution in [1.29, 1.82) is 0 Å². The maximum atomic E-state index is 9.29. The Hall–Kier alpha value is -1.81. The second-order valence-corrected chi connectivity index (χ2v) is 4.31. The molecule has 2 rings (SSSR count). The van der Waals surface area contributed by atoms with Crippen LogP contribution in [0.1, 0.15) is 25.6 Å². The van der Waals surface area contributed by atoms with Crippen molar-refractivity contribution < 1.29 is 5.11 Å². The van der Waals surface area contributed by atoms with Crippen LogP contribution in [0.15, 0.2) is 30.5 Å². The Labute approximate surface area is 101 Å². The second kappa shape index (κ2) is 4.59. The standard InChI is InChI=1S/C13H17N3O/c1-9(2)16-8-11(7-14)15-13(16)10-3-5-12(17)6-4-10/h3-6,8-9,17H,7,14H2,1-2H3. The molecule has 1 aromatic carbocycles. The van der Waals surface area contributed by atoms with Crippen molar-refractivity contribution in [1.82, 2.24) is 9.55 Å². The molecule has 1 aromatic heterocycles. The molecular formula is C13H17N3O. The first-order chi connectivity index (χ1) is 8.11. The quantitative estimate of drug-likeness (QED) is 0.851. The predicted octanol–water partition coefficient (Wildman–Crippen LogP) is 2.30. The molecule has 0 amide bonds. The number of nitrogens with zero attached hydrogens (tertiary/aromatic N) is 2. The average Bonchev–Trinajstić information content (AvgIpc) is 2.74. The van der Waals surface area contributed by atoms with Crippen molar-refractivity contribution in [2.45, 2.75) is 26.4 Å². The SMILES string of the molecule is CC(C)n1cc(CN)nc1-c1ccc(O)cc1. The lowest BCUT2D eigenvalue weighted by molar-refractivity contribution is 0.475. The number of phenolic OH excluding ortho intramolecular Hbond substituents is 1. The van der Waals surface area contributed by atoms with Gasteiger partial charge in [-0.05, 0) is 38.1 Å². The summed E-state index contributed by atoms with van der Waals surface area (Å²) in [6.45, 7) is 4.64. The molecule has 4 heteroatoms. The van der Waals surface area contributed by atoms with Crippen LogP contribution in [-0.4, -0.2) is 14.7 Å². The van der Waals surface area contributed by atoms with Gasteiger partial charge in [0.05, 0.1) is 5.69 Å². The van der Waals surface area contributed by atoms with E-state index < -0.39 is 0 Å². The van der Waals surface area contributed by atoms with Crippen molar-refractivity contribution in [2.24, 2.45) is 5.73 Å². The van der Waals surface area contributed by atoms with E-state index in [0.717, 1.165) is 17.1 Å². The third-order valence-corrected chi connectivity index (χ3v) is 2.67. The van der Waals surface area contributed by atoms with Crippen LogP contribution in [0.25, 0.3) is 11.4 Å². The molecule has 0 saturated carbocycles. The number of phenols is 1. The predicted molar refractivity (Wildman–Crippen MR) is 67.6 cm³/mol. The largest absolute Gasteiger partial charge is 0.508 e. The first-order valence-corrected chi connectivity index (χ1v) is 5.69. The zero-order chi connectivity index (χ0) is 12.4. The monoisotopic (exact) mass is 231 g/mol. The Morgan fingerprint density at radius 3 is 2.47 bits per heavy atom. The number of aromatic hydroxyl groups is 1. The zero-order valence-corrected chi connectivity index (χ0v) is 10.1. The average molecular weight is 231 g/mol. The molecule has 0 saturated heterocycles. The lowest BCUT2D eigenvalue weighted by Gasteiger charge is -2.11. The molecule has 90 valence electrons. The van der Waals surface area contributed by atoms with Crippen LogP contribution in [0.4, 0.5) is 0 Å². The number of hydrogen-bond donors (Lipinski definition) is 2. The number of benzene rings is 1. The van der Waals surface area contributed by atoms with Crippen LogP contribution in [0, 0.1) is 0 Å². The molecule has 0 fully saturated rings. The van der Waals surface area contributed by atoms with Gasteiger partial charge in [-0.25, -0.2) is 4.98 Å². The Morgan fingerprint density at radius 2 is 1.94 bits per heavy atom. The van der Waals surface area contributed by atoms with Crippen LogP contribution in [-0.2, 0) is 6.54 Å². The van der Waals surface area contributed by atoms with Gasteiger partial charge in [0.2, 0.25) is 0 Å². The minimum absolute atomic E-state index is 0.260. The van der Waals surface area contributed by atoms with Crippen molar-refractivity contribution in [3.05, 3.63) is 36.2 Å². The van der Waals surface area contributed by atoms with Gasteiger partial charge in [0.1, 0.15) is 11.6 Å². The first-order valence-electron chi connectivity index (χ1n) is 5.69. The van der Waals surface area contributed by atoms with Gasteiger partial charge >= 0.3 is 0 Å². The maximum absolute atomic E-state index is 9.29. The summed E-state index contributed by atoms with van der Waals surface area (Å²) in [5, 5.41) is 9.29. The third kappa shape index (κ3) is 2.31. The molecule has 1 heterocycles. The fourth-order valence-electron chi connectivity index (χ4n) is 1.76. The molecule has 0 aliphatic rings. The Balaban J connectivity index is 2.49. The summed E-state index contributed by atoms with van der Waals surface area (Å²) in [6, 6.07) is 7.37. The molecule has 0 aliphatic carbocycles. The highest BCUT2D eigenvalue weighted by atomic mass is 16.3. The zero-order valence-electron chi connectivity index (χ0n) is 10.1. The lowest BCUT2D eigenvalue weighted by atomic mass is 10.2. The molecule has 17 heavy (non-hydrogen) atoms. The summed E-state index contributed by atoms with van der Waals surface area (Å²) in [4.78, 5) is 4.51. The molecule has 0 atom stereocenters. The molecule has 0 aliphatic heterocycles. The Kier molecular flexibility index (Phi) is 3.15. The van der Waals surface area contributed by atoms with Gasteiger partial charge in [0, 0.05) is 24.3 Å². The van der Waals surface area contributed by atoms with E-state index in [-0.39, 0.29) is 5.75 Å². The molecule has 0 spiro atoms. The second-order valence-electron chi connectivity index (χ2n) is 4.31. The van der Waals surface area contributed by atoms with E-state index in [1.54, 1.807) is 12.1 Å². The van der Waals surface area contributed by atoms with E-state index in [1.807, 2.05) is 18.3 Å². The number of imidazole rings is 1. The summed E-state index contributed by atoms with van der Waals surface area (Å²) in [7, 11) is 0. The highest BCUT2D eigenvalue weighted by molar-refractivity contribution is 5.57. The first kappa shape index (κ1) is 11.7. The number of rotatable bonds is 3. The number of aromatic nitrogens is 2. The van der Waals surface area contributed by atoms with Crippen molar-refractivity contribution >= 4 is 0 Å². The minimum Gasteiger partial charge on any atom is -0.508 e. The molecule has 2 aromatic rings. The van der Waals surface area contributed by atoms with Crippen molar-refractivity contribution in [3.8, 4) is 17.1 Å². The van der Waals surface area contributed by atoms with Gasteiger partial charge in [-0.1, -0.05) is 0 Å². The van der Waals surface area contributed by atoms with Crippen LogP contribution in [0.5, 0.6) is 5.75 Å². The number of hydrogen-bond acceptors (Lipinski definition) is 3. The van der Waals surface area contributed by atoms with Gasteiger partial charge in [0.25, 0.3) is 0 Å². The maximum Gasteiger partial charge on any atom is 0.140 e. The van der Waals surface area contributed by atoms with Gasteiger partial charge in [-0.2, -0.15) is 0 Å². The normalized spacial score (nSPS) is 11.1. The van der Waals surface area contributed by atoms with Crippen LogP contribution in [0.3, 0.4) is 0 Å². The summed E-state index contributed by atoms with van der Waals surface area (Å²) >= 11 is 0. The van der Waals surface area contributed by atoms with Crippen LogP contribution < -0.4 is 5.73 Å². The summed E-state index contributed by atoms with van der Waals surface area (Å²) in [6.07, 6.45) is 1.98. The summed E-state index contributed by atoms with van der Waals surface area (Å²) in [5.74, 6) is 1.15. The topological polar surface area (TPSA) is 64.1 Å². The highest BCUT2D eigenvalue weighted by Gasteiger charge is 2.11. The van der Waals surface area contributed by atoms with E-state index >= 15 is 0 Å². The summed E-state index contributed by atoms with van der Waals surface area (Å²) in [5.41, 5.74) is 7.48. The molecule has 3 N–H and O–H groups in total. The lowest BCUT2D eigenvalue weighted by Crippen LogP contribution is -2.01. The fraction of sp³-hybridized carbons (Fsp3) is 0.308. The number of nitrogens with two attached hydrogens (primary N) is 1. The van der Waals surface area contributed by atoms with Gasteiger partial charge in [-0.15, -0.1) is 0 Å². The minimum atomic E-state index is 0.260. The van der Waals surface area contributed by atoms with E-state index in [1.165, 1.54) is 0 Å². The third-order valence-electron chi connectivity index (χ3n) is 2.67. The fourth-order valence-corrected chi connectivity index (χ4v) is 1.76. The van der Waals surface area contributed by atoms with Crippen LogP contribution in [0.2, 0.25) is 0 Å². The van der Waals surface area contributed by atoms with Crippen molar-refractivity contribution in [3.63, 3.8) is 0 Å². The van der Waals surface area contributed by atoms with E-state index in [9.17, 15) is 5.11 Å². The molecule has 0 unspecified atom stereocenters. The van der Waals surface area contributed by atoms with Gasteiger partial charge < -0.3 is 15.4 Å².